The number of carbonyl (C=O) groups excluding carboxylic acids is 2. The number of sulfonamides is 1. The van der Waals surface area contributed by atoms with Crippen molar-refractivity contribution < 1.29 is 23.1 Å². The Morgan fingerprint density at radius 3 is 2.33 bits per heavy atom. The van der Waals surface area contributed by atoms with Crippen molar-refractivity contribution in [3.63, 3.8) is 0 Å². The smallest absolute Gasteiger partial charge is 0.263 e. The monoisotopic (exact) mass is 426 g/mol. The number of phenols is 1. The summed E-state index contributed by atoms with van der Waals surface area (Å²) in [5.41, 5.74) is 4.96. The molecule has 1 aromatic heterocycles. The van der Waals surface area contributed by atoms with Crippen LogP contribution in [0, 0.1) is 0 Å². The average Bonchev–Trinajstić information content (AvgIpc) is 2.97. The number of nitrogens with two attached hydrogens (primary N) is 1. The summed E-state index contributed by atoms with van der Waals surface area (Å²) in [7, 11) is -4.19. The SMILES string of the molecule is Nc1c2c(cc(=O)n1-c1ccccc1S(=O)(=O)Nc1ccc(O)cc1)C(=O)NC2=O. The van der Waals surface area contributed by atoms with Crippen LogP contribution in [0.4, 0.5) is 11.5 Å². The maximum Gasteiger partial charge on any atom is 0.263 e. The number of benzene rings is 2. The topological polar surface area (TPSA) is 161 Å². The molecular weight excluding hydrogens is 412 g/mol. The number of nitrogens with one attached hydrogen (secondary N) is 2. The van der Waals surface area contributed by atoms with E-state index in [1.54, 1.807) is 0 Å². The van der Waals surface area contributed by atoms with Crippen LogP contribution >= 0.6 is 0 Å². The fourth-order valence-corrected chi connectivity index (χ4v) is 4.39. The lowest BCUT2D eigenvalue weighted by Gasteiger charge is -2.16. The largest absolute Gasteiger partial charge is 0.508 e. The lowest BCUT2D eigenvalue weighted by atomic mass is 10.1. The van der Waals surface area contributed by atoms with Crippen LogP contribution in [0.1, 0.15) is 20.7 Å². The molecule has 1 aliphatic rings. The number of carbonyl (C=O) groups is 2. The number of amides is 2. The van der Waals surface area contributed by atoms with E-state index in [1.165, 1.54) is 48.5 Å². The molecule has 30 heavy (non-hydrogen) atoms. The zero-order valence-corrected chi connectivity index (χ0v) is 15.9. The second kappa shape index (κ2) is 6.74. The maximum atomic E-state index is 13.0. The summed E-state index contributed by atoms with van der Waals surface area (Å²) >= 11 is 0. The molecule has 2 heterocycles. The van der Waals surface area contributed by atoms with Gasteiger partial charge in [0.2, 0.25) is 0 Å². The second-order valence-electron chi connectivity index (χ2n) is 6.40. The summed E-state index contributed by atoms with van der Waals surface area (Å²) in [4.78, 5) is 36.3. The highest BCUT2D eigenvalue weighted by atomic mass is 32.2. The lowest BCUT2D eigenvalue weighted by Crippen LogP contribution is -2.26. The van der Waals surface area contributed by atoms with E-state index in [0.717, 1.165) is 10.6 Å². The van der Waals surface area contributed by atoms with Crippen molar-refractivity contribution in [2.75, 3.05) is 10.5 Å². The Labute approximate surface area is 169 Å². The van der Waals surface area contributed by atoms with Gasteiger partial charge in [0.05, 0.1) is 16.8 Å². The normalized spacial score (nSPS) is 13.1. The van der Waals surface area contributed by atoms with Gasteiger partial charge in [0.1, 0.15) is 16.5 Å². The predicted octanol–water partition coefficient (Wildman–Crippen LogP) is 0.810. The fraction of sp³-hybridized carbons (Fsp3) is 0. The Balaban J connectivity index is 1.89. The molecule has 1 aliphatic heterocycles. The number of aromatic nitrogens is 1. The first kappa shape index (κ1) is 19.2. The van der Waals surface area contributed by atoms with Crippen molar-refractivity contribution in [1.82, 2.24) is 9.88 Å². The Morgan fingerprint density at radius 2 is 1.63 bits per heavy atom. The van der Waals surface area contributed by atoms with Gasteiger partial charge in [-0.15, -0.1) is 0 Å². The highest BCUT2D eigenvalue weighted by molar-refractivity contribution is 7.92. The summed E-state index contributed by atoms with van der Waals surface area (Å²) in [6, 6.07) is 11.8. The number of rotatable bonds is 4. The van der Waals surface area contributed by atoms with Crippen molar-refractivity contribution in [3.05, 3.63) is 76.1 Å². The lowest BCUT2D eigenvalue weighted by molar-refractivity contribution is 0.0880. The van der Waals surface area contributed by atoms with E-state index in [1.807, 2.05) is 5.32 Å². The molecular formula is C19H14N4O6S. The van der Waals surface area contributed by atoms with E-state index in [4.69, 9.17) is 5.73 Å². The van der Waals surface area contributed by atoms with E-state index < -0.39 is 27.4 Å². The Bertz CT molecular complexity index is 1380. The molecule has 0 saturated carbocycles. The first-order valence-corrected chi connectivity index (χ1v) is 10.00. The van der Waals surface area contributed by atoms with Crippen LogP contribution in [0.2, 0.25) is 0 Å². The van der Waals surface area contributed by atoms with Crippen LogP contribution in [0.5, 0.6) is 5.75 Å². The summed E-state index contributed by atoms with van der Waals surface area (Å²) in [6.45, 7) is 0. The molecule has 0 fully saturated rings. The second-order valence-corrected chi connectivity index (χ2v) is 8.05. The zero-order valence-electron chi connectivity index (χ0n) is 15.1. The minimum atomic E-state index is -4.19. The van der Waals surface area contributed by atoms with Gasteiger partial charge in [-0.2, -0.15) is 0 Å². The van der Waals surface area contributed by atoms with E-state index in [0.29, 0.717) is 0 Å². The highest BCUT2D eigenvalue weighted by Gasteiger charge is 2.33. The Morgan fingerprint density at radius 1 is 0.967 bits per heavy atom. The number of nitrogen functional groups attached to an aromatic ring is 1. The third kappa shape index (κ3) is 3.06. The van der Waals surface area contributed by atoms with Gasteiger partial charge < -0.3 is 10.8 Å². The minimum absolute atomic E-state index is 0.0383. The first-order valence-electron chi connectivity index (χ1n) is 8.51. The number of imide groups is 1. The molecule has 2 aromatic carbocycles. The molecule has 0 spiro atoms. The van der Waals surface area contributed by atoms with Gasteiger partial charge in [-0.1, -0.05) is 12.1 Å². The van der Waals surface area contributed by atoms with Gasteiger partial charge in [0, 0.05) is 11.8 Å². The van der Waals surface area contributed by atoms with E-state index in [9.17, 15) is 27.9 Å². The number of hydrogen-bond donors (Lipinski definition) is 4. The Kier molecular flexibility index (Phi) is 4.32. The summed E-state index contributed by atoms with van der Waals surface area (Å²) in [5, 5.41) is 11.4. The van der Waals surface area contributed by atoms with Gasteiger partial charge in [0.25, 0.3) is 27.4 Å². The number of anilines is 2. The predicted molar refractivity (Wildman–Crippen MR) is 107 cm³/mol. The number of nitrogens with zero attached hydrogens (tertiary/aromatic N) is 1. The third-order valence-electron chi connectivity index (χ3n) is 4.47. The average molecular weight is 426 g/mol. The molecule has 0 unspecified atom stereocenters. The van der Waals surface area contributed by atoms with Crippen molar-refractivity contribution in [1.29, 1.82) is 0 Å². The van der Waals surface area contributed by atoms with Crippen molar-refractivity contribution in [2.24, 2.45) is 0 Å². The molecule has 2 amide bonds. The molecule has 0 bridgehead atoms. The number of pyridine rings is 1. The van der Waals surface area contributed by atoms with Crippen molar-refractivity contribution >= 4 is 33.3 Å². The molecule has 0 saturated heterocycles. The number of fused-ring (bicyclic) bond motifs is 1. The molecule has 0 radical (unpaired) electrons. The molecule has 3 aromatic rings. The third-order valence-corrected chi connectivity index (χ3v) is 5.90. The van der Waals surface area contributed by atoms with Crippen LogP contribution in [0.25, 0.3) is 5.69 Å². The van der Waals surface area contributed by atoms with Gasteiger partial charge >= 0.3 is 0 Å². The van der Waals surface area contributed by atoms with E-state index in [2.05, 4.69) is 4.72 Å². The zero-order chi connectivity index (χ0) is 21.6. The summed E-state index contributed by atoms with van der Waals surface area (Å²) in [6.07, 6.45) is 0. The summed E-state index contributed by atoms with van der Waals surface area (Å²) in [5.74, 6) is -1.92. The molecule has 0 atom stereocenters. The standard InChI is InChI=1S/C19H14N4O6S/c20-17-16-12(18(26)21-19(16)27)9-15(25)23(17)13-3-1-2-4-14(13)30(28,29)22-10-5-7-11(24)8-6-10/h1-9,22,24H,20H2,(H,21,26,27). The van der Waals surface area contributed by atoms with Crippen LogP contribution < -0.4 is 21.3 Å². The molecule has 10 nitrogen and oxygen atoms in total. The van der Waals surface area contributed by atoms with E-state index in [-0.39, 0.29) is 39.0 Å². The van der Waals surface area contributed by atoms with Gasteiger partial charge in [-0.25, -0.2) is 8.42 Å². The van der Waals surface area contributed by atoms with E-state index >= 15 is 0 Å². The highest BCUT2D eigenvalue weighted by Crippen LogP contribution is 2.27. The molecule has 11 heteroatoms. The van der Waals surface area contributed by atoms with Crippen molar-refractivity contribution in [3.8, 4) is 11.4 Å². The molecule has 5 N–H and O–H groups in total. The van der Waals surface area contributed by atoms with Crippen LogP contribution in [-0.2, 0) is 10.0 Å². The van der Waals surface area contributed by atoms with Crippen LogP contribution in [-0.4, -0.2) is 29.9 Å². The maximum absolute atomic E-state index is 13.0. The van der Waals surface area contributed by atoms with Crippen molar-refractivity contribution in [2.45, 2.75) is 4.90 Å². The molecule has 4 rings (SSSR count). The van der Waals surface area contributed by atoms with Gasteiger partial charge in [-0.3, -0.25) is 29.0 Å². The summed E-state index contributed by atoms with van der Waals surface area (Å²) < 4.78 is 29.2. The Hall–Kier alpha value is -4.12. The molecule has 152 valence electrons. The van der Waals surface area contributed by atoms with Crippen LogP contribution in [0.15, 0.2) is 64.3 Å². The first-order chi connectivity index (χ1) is 14.2. The quantitative estimate of drug-likeness (QED) is 0.355. The van der Waals surface area contributed by atoms with Gasteiger partial charge in [0.15, 0.2) is 0 Å². The number of para-hydroxylation sites is 1. The fourth-order valence-electron chi connectivity index (χ4n) is 3.14. The number of aromatic hydroxyl groups is 1. The van der Waals surface area contributed by atoms with Gasteiger partial charge in [-0.05, 0) is 36.4 Å². The van der Waals surface area contributed by atoms with Crippen LogP contribution in [0.3, 0.4) is 0 Å². The number of hydrogen-bond acceptors (Lipinski definition) is 7. The molecule has 0 aliphatic carbocycles. The minimum Gasteiger partial charge on any atom is -0.508 e. The number of phenolic OH excluding ortho intramolecular Hbond substituents is 1.